The minimum atomic E-state index is -0.622. The molecule has 0 bridgehead atoms. The minimum absolute atomic E-state index is 0.193. The molecule has 9 nitrogen and oxygen atoms in total. The van der Waals surface area contributed by atoms with Gasteiger partial charge in [-0.15, -0.1) is 5.10 Å². The zero-order chi connectivity index (χ0) is 21.7. The van der Waals surface area contributed by atoms with Gasteiger partial charge in [0.15, 0.2) is 23.8 Å². The lowest BCUT2D eigenvalue weighted by Crippen LogP contribution is -2.29. The molecule has 156 valence electrons. The number of ether oxygens (including phenoxy) is 3. The Morgan fingerprint density at radius 3 is 2.43 bits per heavy atom. The second kappa shape index (κ2) is 9.08. The Balaban J connectivity index is 1.91. The lowest BCUT2D eigenvalue weighted by atomic mass is 10.1. The second-order valence-corrected chi connectivity index (χ2v) is 6.27. The Hall–Kier alpha value is -3.88. The predicted molar refractivity (Wildman–Crippen MR) is 113 cm³/mol. The number of hydrogen-bond acceptors (Lipinski definition) is 7. The van der Waals surface area contributed by atoms with Crippen LogP contribution in [0.2, 0.25) is 0 Å². The maximum Gasteiger partial charge on any atom is 0.279 e. The van der Waals surface area contributed by atoms with E-state index in [0.717, 1.165) is 11.3 Å². The van der Waals surface area contributed by atoms with Crippen LogP contribution in [-0.2, 0) is 9.59 Å². The Kier molecular flexibility index (Phi) is 6.31. The minimum Gasteiger partial charge on any atom is -0.493 e. The summed E-state index contributed by atoms with van der Waals surface area (Å²) in [5, 5.41) is 8.24. The van der Waals surface area contributed by atoms with Gasteiger partial charge in [0.2, 0.25) is 5.75 Å². The van der Waals surface area contributed by atoms with Gasteiger partial charge in [-0.25, -0.2) is 0 Å². The molecule has 1 aliphatic rings. The van der Waals surface area contributed by atoms with Gasteiger partial charge in [-0.1, -0.05) is 18.2 Å². The van der Waals surface area contributed by atoms with Gasteiger partial charge in [0.1, 0.15) is 0 Å². The van der Waals surface area contributed by atoms with Gasteiger partial charge < -0.3 is 24.8 Å². The van der Waals surface area contributed by atoms with Crippen LogP contribution in [0.3, 0.4) is 0 Å². The summed E-state index contributed by atoms with van der Waals surface area (Å²) in [4.78, 5) is 25.3. The summed E-state index contributed by atoms with van der Waals surface area (Å²) in [5.41, 5.74) is 7.58. The first-order valence-corrected chi connectivity index (χ1v) is 9.19. The topological polar surface area (TPSA) is 116 Å². The summed E-state index contributed by atoms with van der Waals surface area (Å²) in [6.07, 6.45) is 1.47. The largest absolute Gasteiger partial charge is 0.493 e. The third-order valence-electron chi connectivity index (χ3n) is 4.42. The molecule has 1 heterocycles. The molecule has 2 aromatic rings. The Bertz CT molecular complexity index is 1010. The number of likely N-dealkylation sites (N-methyl/N-ethyl adjacent to an activating group) is 1. The Morgan fingerprint density at radius 1 is 1.17 bits per heavy atom. The fourth-order valence-electron chi connectivity index (χ4n) is 3.09. The van der Waals surface area contributed by atoms with Crippen molar-refractivity contribution in [3.05, 3.63) is 47.5 Å². The molecule has 1 aliphatic heterocycles. The van der Waals surface area contributed by atoms with E-state index in [-0.39, 0.29) is 24.0 Å². The van der Waals surface area contributed by atoms with Crippen molar-refractivity contribution in [1.29, 1.82) is 0 Å². The number of primary amides is 1. The van der Waals surface area contributed by atoms with Crippen molar-refractivity contribution in [1.82, 2.24) is 0 Å². The number of nitrogens with two attached hydrogens (primary N) is 1. The SMILES string of the molecule is CCN1C(=O)/C(=N/N=C\c2cc(OC)c(OCC(N)=O)c(OC)c2)c2ccccc21. The number of amides is 2. The Morgan fingerprint density at radius 2 is 1.83 bits per heavy atom. The molecule has 3 rings (SSSR count). The van der Waals surface area contributed by atoms with Crippen molar-refractivity contribution in [3.63, 3.8) is 0 Å². The van der Waals surface area contributed by atoms with Crippen molar-refractivity contribution < 1.29 is 23.8 Å². The quantitative estimate of drug-likeness (QED) is 0.526. The summed E-state index contributed by atoms with van der Waals surface area (Å²) in [6, 6.07) is 10.7. The van der Waals surface area contributed by atoms with Crippen molar-refractivity contribution >= 4 is 29.4 Å². The lowest BCUT2D eigenvalue weighted by Gasteiger charge is -2.14. The third-order valence-corrected chi connectivity index (χ3v) is 4.42. The molecule has 2 amide bonds. The molecular weight excluding hydrogens is 388 g/mol. The van der Waals surface area contributed by atoms with E-state index in [4.69, 9.17) is 19.9 Å². The number of nitrogens with zero attached hydrogens (tertiary/aromatic N) is 3. The first-order chi connectivity index (χ1) is 14.5. The number of rotatable bonds is 8. The standard InChI is InChI=1S/C21H22N4O5/c1-4-25-15-8-6-5-7-14(15)19(21(25)27)24-23-11-13-9-16(28-2)20(17(10-13)29-3)30-12-18(22)26/h5-11H,4,12H2,1-3H3,(H2,22,26)/b23-11-,24-19+. The van der Waals surface area contributed by atoms with Crippen molar-refractivity contribution in [3.8, 4) is 17.2 Å². The van der Waals surface area contributed by atoms with Crippen LogP contribution >= 0.6 is 0 Å². The Labute approximate surface area is 173 Å². The van der Waals surface area contributed by atoms with Crippen LogP contribution in [0.1, 0.15) is 18.1 Å². The van der Waals surface area contributed by atoms with E-state index in [1.807, 2.05) is 31.2 Å². The van der Waals surface area contributed by atoms with Crippen LogP contribution < -0.4 is 24.8 Å². The molecular formula is C21H22N4O5. The van der Waals surface area contributed by atoms with Gasteiger partial charge in [0.05, 0.1) is 26.1 Å². The number of anilines is 1. The number of carbonyl (C=O) groups excluding carboxylic acids is 2. The number of fused-ring (bicyclic) bond motifs is 1. The highest BCUT2D eigenvalue weighted by atomic mass is 16.5. The average molecular weight is 410 g/mol. The molecule has 0 atom stereocenters. The zero-order valence-electron chi connectivity index (χ0n) is 16.9. The molecule has 0 fully saturated rings. The second-order valence-electron chi connectivity index (χ2n) is 6.27. The smallest absolute Gasteiger partial charge is 0.279 e. The molecule has 9 heteroatoms. The van der Waals surface area contributed by atoms with E-state index in [1.165, 1.54) is 20.4 Å². The van der Waals surface area contributed by atoms with Crippen LogP contribution in [0.25, 0.3) is 0 Å². The lowest BCUT2D eigenvalue weighted by molar-refractivity contribution is -0.120. The number of para-hydroxylation sites is 1. The number of carbonyl (C=O) groups is 2. The van der Waals surface area contributed by atoms with Crippen molar-refractivity contribution in [2.24, 2.45) is 15.9 Å². The van der Waals surface area contributed by atoms with E-state index in [0.29, 0.717) is 23.6 Å². The van der Waals surface area contributed by atoms with Gasteiger partial charge in [0, 0.05) is 17.7 Å². The zero-order valence-corrected chi connectivity index (χ0v) is 16.9. The van der Waals surface area contributed by atoms with E-state index in [2.05, 4.69) is 10.2 Å². The van der Waals surface area contributed by atoms with Crippen LogP contribution in [0, 0.1) is 0 Å². The first-order valence-electron chi connectivity index (χ1n) is 9.19. The fourth-order valence-corrected chi connectivity index (χ4v) is 3.09. The summed E-state index contributed by atoms with van der Waals surface area (Å²) in [7, 11) is 2.92. The molecule has 30 heavy (non-hydrogen) atoms. The van der Waals surface area contributed by atoms with E-state index in [1.54, 1.807) is 17.0 Å². The highest BCUT2D eigenvalue weighted by molar-refractivity contribution is 6.54. The van der Waals surface area contributed by atoms with Crippen molar-refractivity contribution in [2.75, 3.05) is 32.3 Å². The monoisotopic (exact) mass is 410 g/mol. The normalized spacial score (nSPS) is 14.3. The highest BCUT2D eigenvalue weighted by Gasteiger charge is 2.32. The average Bonchev–Trinajstić information content (AvgIpc) is 3.02. The summed E-state index contributed by atoms with van der Waals surface area (Å²) in [5.74, 6) is 0.110. The molecule has 0 radical (unpaired) electrons. The molecule has 0 saturated heterocycles. The number of methoxy groups -OCH3 is 2. The van der Waals surface area contributed by atoms with Gasteiger partial charge in [-0.3, -0.25) is 9.59 Å². The van der Waals surface area contributed by atoms with E-state index < -0.39 is 5.91 Å². The van der Waals surface area contributed by atoms with Gasteiger partial charge in [-0.05, 0) is 25.1 Å². The summed E-state index contributed by atoms with van der Waals surface area (Å²) >= 11 is 0. The molecule has 2 N–H and O–H groups in total. The van der Waals surface area contributed by atoms with Gasteiger partial charge in [-0.2, -0.15) is 5.10 Å². The van der Waals surface area contributed by atoms with Crippen molar-refractivity contribution in [2.45, 2.75) is 6.92 Å². The maximum atomic E-state index is 12.6. The molecule has 0 aromatic heterocycles. The summed E-state index contributed by atoms with van der Waals surface area (Å²) in [6.45, 7) is 2.13. The molecule has 0 aliphatic carbocycles. The number of benzene rings is 2. The van der Waals surface area contributed by atoms with E-state index >= 15 is 0 Å². The van der Waals surface area contributed by atoms with Gasteiger partial charge in [0.25, 0.3) is 11.8 Å². The van der Waals surface area contributed by atoms with Crippen LogP contribution in [0.15, 0.2) is 46.6 Å². The summed E-state index contributed by atoms with van der Waals surface area (Å²) < 4.78 is 16.0. The van der Waals surface area contributed by atoms with E-state index in [9.17, 15) is 9.59 Å². The fraction of sp³-hybridized carbons (Fsp3) is 0.238. The number of hydrogen-bond donors (Lipinski definition) is 1. The third kappa shape index (κ3) is 4.09. The van der Waals surface area contributed by atoms with Crippen LogP contribution in [0.4, 0.5) is 5.69 Å². The first kappa shape index (κ1) is 20.8. The predicted octanol–water partition coefficient (Wildman–Crippen LogP) is 1.76. The maximum absolute atomic E-state index is 12.6. The molecule has 0 saturated carbocycles. The molecule has 0 spiro atoms. The molecule has 0 unspecified atom stereocenters. The van der Waals surface area contributed by atoms with Crippen LogP contribution in [-0.4, -0.2) is 51.1 Å². The highest BCUT2D eigenvalue weighted by Crippen LogP contribution is 2.38. The molecule has 2 aromatic carbocycles. The van der Waals surface area contributed by atoms with Crippen LogP contribution in [0.5, 0.6) is 17.2 Å². The van der Waals surface area contributed by atoms with Gasteiger partial charge >= 0.3 is 0 Å².